The van der Waals surface area contributed by atoms with Gasteiger partial charge in [-0.2, -0.15) is 5.10 Å². The lowest BCUT2D eigenvalue weighted by Crippen LogP contribution is -2.21. The molecule has 0 unspecified atom stereocenters. The maximum Gasteiger partial charge on any atom is 0.263 e. The predicted molar refractivity (Wildman–Crippen MR) is 90.4 cm³/mol. The molecule has 0 atom stereocenters. The van der Waals surface area contributed by atoms with E-state index in [2.05, 4.69) is 27.5 Å². The molecule has 0 aliphatic carbocycles. The van der Waals surface area contributed by atoms with Crippen LogP contribution in [0.15, 0.2) is 48.9 Å². The summed E-state index contributed by atoms with van der Waals surface area (Å²) in [4.78, 5) is 16.9. The van der Waals surface area contributed by atoms with Gasteiger partial charge in [-0.15, -0.1) is 11.3 Å². The monoisotopic (exact) mass is 326 g/mol. The average Bonchev–Trinajstić information content (AvgIpc) is 3.23. The SMILES string of the molecule is CCc1ncc(C(=O)NCc2cnn(Cc3ccccc3)c2)s1. The molecule has 2 heterocycles. The van der Waals surface area contributed by atoms with Crippen LogP contribution in [0.25, 0.3) is 0 Å². The minimum atomic E-state index is -0.0852. The first kappa shape index (κ1) is 15.4. The third kappa shape index (κ3) is 4.04. The van der Waals surface area contributed by atoms with E-state index in [-0.39, 0.29) is 5.91 Å². The van der Waals surface area contributed by atoms with E-state index in [1.807, 2.05) is 36.0 Å². The van der Waals surface area contributed by atoms with E-state index in [4.69, 9.17) is 0 Å². The Morgan fingerprint density at radius 2 is 2.04 bits per heavy atom. The second-order valence-corrected chi connectivity index (χ2v) is 6.30. The van der Waals surface area contributed by atoms with Crippen LogP contribution in [0.4, 0.5) is 0 Å². The van der Waals surface area contributed by atoms with Gasteiger partial charge < -0.3 is 5.32 Å². The zero-order valence-electron chi connectivity index (χ0n) is 12.9. The first-order valence-electron chi connectivity index (χ1n) is 7.52. The van der Waals surface area contributed by atoms with Gasteiger partial charge in [0, 0.05) is 18.3 Å². The highest BCUT2D eigenvalue weighted by molar-refractivity contribution is 7.13. The lowest BCUT2D eigenvalue weighted by molar-refractivity contribution is 0.0955. The van der Waals surface area contributed by atoms with Gasteiger partial charge in [-0.05, 0) is 12.0 Å². The molecular weight excluding hydrogens is 308 g/mol. The van der Waals surface area contributed by atoms with Crippen molar-refractivity contribution in [3.05, 3.63) is 69.9 Å². The van der Waals surface area contributed by atoms with Crippen LogP contribution in [-0.4, -0.2) is 20.7 Å². The van der Waals surface area contributed by atoms with E-state index in [1.54, 1.807) is 12.4 Å². The fourth-order valence-corrected chi connectivity index (χ4v) is 2.98. The van der Waals surface area contributed by atoms with E-state index in [0.717, 1.165) is 23.5 Å². The van der Waals surface area contributed by atoms with Gasteiger partial charge in [0.2, 0.25) is 0 Å². The summed E-state index contributed by atoms with van der Waals surface area (Å²) in [5.74, 6) is -0.0852. The molecule has 0 radical (unpaired) electrons. The number of thiazole rings is 1. The first-order valence-corrected chi connectivity index (χ1v) is 8.34. The van der Waals surface area contributed by atoms with Crippen molar-refractivity contribution in [3.63, 3.8) is 0 Å². The van der Waals surface area contributed by atoms with Gasteiger partial charge in [-0.25, -0.2) is 4.98 Å². The second kappa shape index (κ2) is 7.19. The molecule has 2 aromatic heterocycles. The van der Waals surface area contributed by atoms with Gasteiger partial charge in [-0.1, -0.05) is 37.3 Å². The molecule has 3 rings (SSSR count). The third-order valence-corrected chi connectivity index (χ3v) is 4.55. The summed E-state index contributed by atoms with van der Waals surface area (Å²) in [6.45, 7) is 3.22. The average molecular weight is 326 g/mol. The summed E-state index contributed by atoms with van der Waals surface area (Å²) in [5, 5.41) is 8.22. The number of carbonyl (C=O) groups is 1. The molecule has 118 valence electrons. The number of aryl methyl sites for hydroxylation is 1. The van der Waals surface area contributed by atoms with Crippen molar-refractivity contribution >= 4 is 17.2 Å². The molecule has 0 aliphatic rings. The number of aromatic nitrogens is 3. The molecule has 0 bridgehead atoms. The van der Waals surface area contributed by atoms with E-state index < -0.39 is 0 Å². The van der Waals surface area contributed by atoms with Crippen molar-refractivity contribution in [3.8, 4) is 0 Å². The van der Waals surface area contributed by atoms with Crippen LogP contribution in [0.5, 0.6) is 0 Å². The standard InChI is InChI=1S/C17H18N4OS/c1-2-16-18-10-15(23-16)17(22)19-8-14-9-20-21(12-14)11-13-6-4-3-5-7-13/h3-7,9-10,12H,2,8,11H2,1H3,(H,19,22). The van der Waals surface area contributed by atoms with Crippen molar-refractivity contribution < 1.29 is 4.79 Å². The topological polar surface area (TPSA) is 59.8 Å². The Labute approximate surface area is 139 Å². The molecule has 5 nitrogen and oxygen atoms in total. The number of amides is 1. The van der Waals surface area contributed by atoms with Gasteiger partial charge in [0.15, 0.2) is 0 Å². The van der Waals surface area contributed by atoms with Crippen LogP contribution >= 0.6 is 11.3 Å². The molecule has 3 aromatic rings. The van der Waals surface area contributed by atoms with Crippen LogP contribution in [0.3, 0.4) is 0 Å². The fraction of sp³-hybridized carbons (Fsp3) is 0.235. The molecule has 1 N–H and O–H groups in total. The molecular formula is C17H18N4OS. The molecule has 0 spiro atoms. The Kier molecular flexibility index (Phi) is 4.83. The summed E-state index contributed by atoms with van der Waals surface area (Å²) in [6.07, 6.45) is 6.23. The number of nitrogens with zero attached hydrogens (tertiary/aromatic N) is 3. The normalized spacial score (nSPS) is 10.7. The van der Waals surface area contributed by atoms with Crippen LogP contribution in [0.2, 0.25) is 0 Å². The summed E-state index contributed by atoms with van der Waals surface area (Å²) < 4.78 is 1.87. The lowest BCUT2D eigenvalue weighted by Gasteiger charge is -2.02. The highest BCUT2D eigenvalue weighted by Crippen LogP contribution is 2.13. The van der Waals surface area contributed by atoms with Crippen molar-refractivity contribution in [2.75, 3.05) is 0 Å². The van der Waals surface area contributed by atoms with Crippen LogP contribution < -0.4 is 5.32 Å². The van der Waals surface area contributed by atoms with Gasteiger partial charge in [0.1, 0.15) is 4.88 Å². The first-order chi connectivity index (χ1) is 11.2. The molecule has 0 aliphatic heterocycles. The maximum absolute atomic E-state index is 12.1. The Bertz CT molecular complexity index is 779. The smallest absolute Gasteiger partial charge is 0.263 e. The van der Waals surface area contributed by atoms with E-state index in [9.17, 15) is 4.79 Å². The van der Waals surface area contributed by atoms with Crippen molar-refractivity contribution in [1.29, 1.82) is 0 Å². The molecule has 1 amide bonds. The summed E-state index contributed by atoms with van der Waals surface area (Å²) in [5.41, 5.74) is 2.18. The lowest BCUT2D eigenvalue weighted by atomic mass is 10.2. The van der Waals surface area contributed by atoms with Gasteiger partial charge >= 0.3 is 0 Å². The van der Waals surface area contributed by atoms with Crippen LogP contribution in [0.1, 0.15) is 32.7 Å². The Balaban J connectivity index is 1.55. The van der Waals surface area contributed by atoms with Gasteiger partial charge in [0.25, 0.3) is 5.91 Å². The number of hydrogen-bond donors (Lipinski definition) is 1. The molecule has 0 fully saturated rings. The summed E-state index contributed by atoms with van der Waals surface area (Å²) in [7, 11) is 0. The quantitative estimate of drug-likeness (QED) is 0.758. The van der Waals surface area contributed by atoms with Crippen molar-refractivity contribution in [2.24, 2.45) is 0 Å². The minimum Gasteiger partial charge on any atom is -0.347 e. The van der Waals surface area contributed by atoms with E-state index in [1.165, 1.54) is 16.9 Å². The Hall–Kier alpha value is -2.47. The Morgan fingerprint density at radius 3 is 2.78 bits per heavy atom. The highest BCUT2D eigenvalue weighted by Gasteiger charge is 2.10. The van der Waals surface area contributed by atoms with Gasteiger partial charge in [0.05, 0.1) is 23.9 Å². The second-order valence-electron chi connectivity index (χ2n) is 5.19. The summed E-state index contributed by atoms with van der Waals surface area (Å²) >= 11 is 1.44. The number of rotatable bonds is 6. The molecule has 0 saturated carbocycles. The Morgan fingerprint density at radius 1 is 1.22 bits per heavy atom. The van der Waals surface area contributed by atoms with Crippen molar-refractivity contribution in [2.45, 2.75) is 26.4 Å². The zero-order chi connectivity index (χ0) is 16.1. The minimum absolute atomic E-state index is 0.0852. The van der Waals surface area contributed by atoms with E-state index >= 15 is 0 Å². The van der Waals surface area contributed by atoms with Crippen LogP contribution in [-0.2, 0) is 19.5 Å². The highest BCUT2D eigenvalue weighted by atomic mass is 32.1. The number of nitrogens with one attached hydrogen (secondary N) is 1. The molecule has 1 aromatic carbocycles. The predicted octanol–water partition coefficient (Wildman–Crippen LogP) is 2.88. The number of hydrogen-bond acceptors (Lipinski definition) is 4. The molecule has 23 heavy (non-hydrogen) atoms. The third-order valence-electron chi connectivity index (χ3n) is 3.41. The molecule has 6 heteroatoms. The zero-order valence-corrected chi connectivity index (χ0v) is 13.7. The number of carbonyl (C=O) groups excluding carboxylic acids is 1. The van der Waals surface area contributed by atoms with Crippen LogP contribution in [0, 0.1) is 0 Å². The number of benzene rings is 1. The fourth-order valence-electron chi connectivity index (χ4n) is 2.20. The van der Waals surface area contributed by atoms with E-state index in [0.29, 0.717) is 11.4 Å². The molecule has 0 saturated heterocycles. The summed E-state index contributed by atoms with van der Waals surface area (Å²) in [6, 6.07) is 10.2. The van der Waals surface area contributed by atoms with Crippen molar-refractivity contribution in [1.82, 2.24) is 20.1 Å². The maximum atomic E-state index is 12.1. The largest absolute Gasteiger partial charge is 0.347 e. The van der Waals surface area contributed by atoms with Gasteiger partial charge in [-0.3, -0.25) is 9.48 Å².